The normalized spacial score (nSPS) is 10.7. The first-order valence-corrected chi connectivity index (χ1v) is 9.94. The second kappa shape index (κ2) is 9.45. The molecule has 0 spiro atoms. The zero-order valence-electron chi connectivity index (χ0n) is 16.5. The monoisotopic (exact) mass is 400 g/mol. The van der Waals surface area contributed by atoms with Crippen molar-refractivity contribution in [1.29, 1.82) is 0 Å². The van der Waals surface area contributed by atoms with Crippen molar-refractivity contribution in [3.05, 3.63) is 47.5 Å². The lowest BCUT2D eigenvalue weighted by atomic mass is 10.1. The van der Waals surface area contributed by atoms with E-state index >= 15 is 0 Å². The van der Waals surface area contributed by atoms with Crippen molar-refractivity contribution < 1.29 is 14.2 Å². The van der Waals surface area contributed by atoms with Gasteiger partial charge < -0.3 is 14.2 Å². The highest BCUT2D eigenvalue weighted by Gasteiger charge is 2.14. The van der Waals surface area contributed by atoms with Gasteiger partial charge in [0.15, 0.2) is 0 Å². The minimum atomic E-state index is 0.639. The Labute approximate surface area is 169 Å². The van der Waals surface area contributed by atoms with Gasteiger partial charge in [-0.3, -0.25) is 0 Å². The van der Waals surface area contributed by atoms with Gasteiger partial charge in [0.25, 0.3) is 0 Å². The van der Waals surface area contributed by atoms with Crippen LogP contribution in [-0.4, -0.2) is 46.8 Å². The summed E-state index contributed by atoms with van der Waals surface area (Å²) in [5.41, 5.74) is 3.15. The molecule has 0 aliphatic carbocycles. The predicted octanol–water partition coefficient (Wildman–Crippen LogP) is 3.86. The number of tetrazole rings is 1. The number of thioether (sulfide) groups is 1. The number of nitrogens with zero attached hydrogens (tertiary/aromatic N) is 4. The van der Waals surface area contributed by atoms with Gasteiger partial charge in [0.1, 0.15) is 22.9 Å². The Hall–Kier alpha value is -2.74. The molecule has 28 heavy (non-hydrogen) atoms. The van der Waals surface area contributed by atoms with Gasteiger partial charge >= 0.3 is 0 Å². The van der Waals surface area contributed by atoms with Gasteiger partial charge in [0.2, 0.25) is 5.16 Å². The van der Waals surface area contributed by atoms with Crippen molar-refractivity contribution in [1.82, 2.24) is 20.2 Å². The van der Waals surface area contributed by atoms with Crippen LogP contribution in [0.4, 0.5) is 0 Å². The van der Waals surface area contributed by atoms with Crippen LogP contribution in [0.3, 0.4) is 0 Å². The Morgan fingerprint density at radius 1 is 0.964 bits per heavy atom. The lowest BCUT2D eigenvalue weighted by Crippen LogP contribution is -2.04. The van der Waals surface area contributed by atoms with Gasteiger partial charge in [0, 0.05) is 11.8 Å². The highest BCUT2D eigenvalue weighted by molar-refractivity contribution is 7.99. The second-order valence-electron chi connectivity index (χ2n) is 6.28. The largest absolute Gasteiger partial charge is 0.497 e. The molecule has 0 aliphatic rings. The molecule has 0 saturated heterocycles. The number of aromatic nitrogens is 4. The Morgan fingerprint density at radius 3 is 2.46 bits per heavy atom. The van der Waals surface area contributed by atoms with Crippen LogP contribution in [0.25, 0.3) is 5.69 Å². The van der Waals surface area contributed by atoms with Gasteiger partial charge in [-0.1, -0.05) is 17.8 Å². The average Bonchev–Trinajstić information content (AvgIpc) is 3.14. The summed E-state index contributed by atoms with van der Waals surface area (Å²) in [5.74, 6) is 3.13. The fraction of sp³-hybridized carbons (Fsp3) is 0.350. The number of aryl methyl sites for hydroxylation is 2. The van der Waals surface area contributed by atoms with E-state index in [0.717, 1.165) is 23.6 Å². The van der Waals surface area contributed by atoms with Crippen molar-refractivity contribution in [3.63, 3.8) is 0 Å². The van der Waals surface area contributed by atoms with E-state index in [1.54, 1.807) is 30.7 Å². The Balaban J connectivity index is 1.59. The molecule has 3 rings (SSSR count). The van der Waals surface area contributed by atoms with Gasteiger partial charge in [-0.05, 0) is 66.1 Å². The second-order valence-corrected chi connectivity index (χ2v) is 7.35. The molecule has 0 unspecified atom stereocenters. The maximum absolute atomic E-state index is 5.86. The van der Waals surface area contributed by atoms with E-state index in [0.29, 0.717) is 23.3 Å². The molecule has 0 saturated carbocycles. The van der Waals surface area contributed by atoms with Crippen LogP contribution < -0.4 is 14.2 Å². The smallest absolute Gasteiger partial charge is 0.214 e. The van der Waals surface area contributed by atoms with Gasteiger partial charge in [-0.25, -0.2) is 0 Å². The molecule has 7 nitrogen and oxygen atoms in total. The van der Waals surface area contributed by atoms with E-state index in [1.165, 1.54) is 11.1 Å². The van der Waals surface area contributed by atoms with Crippen LogP contribution in [0.15, 0.2) is 41.6 Å². The van der Waals surface area contributed by atoms with Crippen molar-refractivity contribution in [3.8, 4) is 22.9 Å². The summed E-state index contributed by atoms with van der Waals surface area (Å²) < 4.78 is 18.3. The van der Waals surface area contributed by atoms with Crippen molar-refractivity contribution in [2.45, 2.75) is 25.4 Å². The van der Waals surface area contributed by atoms with E-state index in [2.05, 4.69) is 47.6 Å². The number of hydrogen-bond donors (Lipinski definition) is 0. The van der Waals surface area contributed by atoms with E-state index in [-0.39, 0.29) is 0 Å². The minimum Gasteiger partial charge on any atom is -0.497 e. The van der Waals surface area contributed by atoms with Crippen LogP contribution in [-0.2, 0) is 0 Å². The van der Waals surface area contributed by atoms with E-state index in [1.807, 2.05) is 18.2 Å². The third-order valence-corrected chi connectivity index (χ3v) is 5.04. The Bertz CT molecular complexity index is 909. The maximum Gasteiger partial charge on any atom is 0.214 e. The molecule has 0 bridgehead atoms. The first kappa shape index (κ1) is 20.0. The quantitative estimate of drug-likeness (QED) is 0.399. The third kappa shape index (κ3) is 4.95. The molecule has 0 amide bonds. The minimum absolute atomic E-state index is 0.639. The lowest BCUT2D eigenvalue weighted by Gasteiger charge is -2.11. The highest BCUT2D eigenvalue weighted by Crippen LogP contribution is 2.29. The summed E-state index contributed by atoms with van der Waals surface area (Å²) in [6.45, 7) is 4.78. The van der Waals surface area contributed by atoms with Crippen molar-refractivity contribution >= 4 is 11.8 Å². The molecule has 3 aromatic rings. The van der Waals surface area contributed by atoms with E-state index < -0.39 is 0 Å². The molecule has 148 valence electrons. The number of methoxy groups -OCH3 is 2. The van der Waals surface area contributed by atoms with Crippen LogP contribution in [0.1, 0.15) is 17.5 Å². The van der Waals surface area contributed by atoms with Gasteiger partial charge in [-0.2, -0.15) is 4.68 Å². The van der Waals surface area contributed by atoms with Crippen molar-refractivity contribution in [2.24, 2.45) is 0 Å². The number of hydrogen-bond acceptors (Lipinski definition) is 7. The highest BCUT2D eigenvalue weighted by atomic mass is 32.2. The maximum atomic E-state index is 5.86. The molecule has 2 aromatic carbocycles. The molecule has 8 heteroatoms. The van der Waals surface area contributed by atoms with Gasteiger partial charge in [-0.15, -0.1) is 5.10 Å². The SMILES string of the molecule is COc1ccc(OC)c(-n2nnnc2SCCCOc2cc(C)cc(C)c2)c1. The van der Waals surface area contributed by atoms with Crippen LogP contribution in [0.2, 0.25) is 0 Å². The first-order valence-electron chi connectivity index (χ1n) is 8.95. The van der Waals surface area contributed by atoms with Crippen molar-refractivity contribution in [2.75, 3.05) is 26.6 Å². The summed E-state index contributed by atoms with van der Waals surface area (Å²) in [5, 5.41) is 12.7. The van der Waals surface area contributed by atoms with Gasteiger partial charge in [0.05, 0.1) is 20.8 Å². The number of rotatable bonds is 9. The summed E-state index contributed by atoms with van der Waals surface area (Å²) in [7, 11) is 3.24. The standard InChI is InChI=1S/C20H24N4O3S/c1-14-10-15(2)12-17(11-14)27-8-5-9-28-20-21-22-23-24(20)18-13-16(25-3)6-7-19(18)26-4/h6-7,10-13H,5,8-9H2,1-4H3. The third-order valence-electron chi connectivity index (χ3n) is 4.04. The van der Waals surface area contributed by atoms with E-state index in [9.17, 15) is 0 Å². The first-order chi connectivity index (χ1) is 13.6. The van der Waals surface area contributed by atoms with Crippen LogP contribution >= 0.6 is 11.8 Å². The molecular weight excluding hydrogens is 376 g/mol. The molecular formula is C20H24N4O3S. The fourth-order valence-corrected chi connectivity index (χ4v) is 3.61. The zero-order valence-corrected chi connectivity index (χ0v) is 17.3. The fourth-order valence-electron chi connectivity index (χ4n) is 2.81. The summed E-state index contributed by atoms with van der Waals surface area (Å²) in [6, 6.07) is 11.8. The Morgan fingerprint density at radius 2 is 1.75 bits per heavy atom. The van der Waals surface area contributed by atoms with Crippen LogP contribution in [0, 0.1) is 13.8 Å². The summed E-state index contributed by atoms with van der Waals surface area (Å²) >= 11 is 1.57. The molecule has 0 radical (unpaired) electrons. The molecule has 0 atom stereocenters. The molecule has 0 N–H and O–H groups in total. The van der Waals surface area contributed by atoms with E-state index in [4.69, 9.17) is 14.2 Å². The zero-order chi connectivity index (χ0) is 19.9. The average molecular weight is 401 g/mol. The molecule has 0 fully saturated rings. The topological polar surface area (TPSA) is 71.3 Å². The molecule has 1 heterocycles. The number of ether oxygens (including phenoxy) is 3. The summed E-state index contributed by atoms with van der Waals surface area (Å²) in [6.07, 6.45) is 0.875. The lowest BCUT2D eigenvalue weighted by molar-refractivity contribution is 0.318. The molecule has 0 aliphatic heterocycles. The Kier molecular flexibility index (Phi) is 6.76. The predicted molar refractivity (Wildman–Crippen MR) is 109 cm³/mol. The summed E-state index contributed by atoms with van der Waals surface area (Å²) in [4.78, 5) is 0. The molecule has 1 aromatic heterocycles. The number of benzene rings is 2. The van der Waals surface area contributed by atoms with Crippen LogP contribution in [0.5, 0.6) is 17.2 Å².